The van der Waals surface area contributed by atoms with Crippen LogP contribution in [0.2, 0.25) is 0 Å². The van der Waals surface area contributed by atoms with Crippen LogP contribution in [0.1, 0.15) is 27.3 Å². The first-order valence-corrected chi connectivity index (χ1v) is 8.65. The van der Waals surface area contributed by atoms with E-state index in [1.54, 1.807) is 12.1 Å². The summed E-state index contributed by atoms with van der Waals surface area (Å²) in [4.78, 5) is 17.0. The van der Waals surface area contributed by atoms with E-state index in [9.17, 15) is 4.79 Å². The smallest absolute Gasteiger partial charge is 0.337 e. The van der Waals surface area contributed by atoms with Crippen molar-refractivity contribution >= 4 is 30.5 Å². The Balaban J connectivity index is 1.93. The molecule has 3 aromatic rings. The number of hydrogen-bond acceptors (Lipinski definition) is 4. The lowest BCUT2D eigenvalue weighted by atomic mass is 10.2. The number of carbonyl (C=O) groups excluding carboxylic acids is 1. The van der Waals surface area contributed by atoms with E-state index in [-0.39, 0.29) is 5.97 Å². The van der Waals surface area contributed by atoms with Crippen LogP contribution in [0.3, 0.4) is 0 Å². The van der Waals surface area contributed by atoms with Gasteiger partial charge in [-0.15, -0.1) is 12.6 Å². The molecule has 0 aliphatic carbocycles. The molecule has 2 aromatic carbocycles. The van der Waals surface area contributed by atoms with E-state index in [0.717, 1.165) is 33.2 Å². The Bertz CT molecular complexity index is 972. The van der Waals surface area contributed by atoms with Crippen molar-refractivity contribution in [1.29, 1.82) is 0 Å². The molecular weight excluding hydrogens is 344 g/mol. The van der Waals surface area contributed by atoms with E-state index in [0.29, 0.717) is 5.56 Å². The minimum absolute atomic E-state index is 0.337. The average molecular weight is 364 g/mol. The van der Waals surface area contributed by atoms with Crippen molar-refractivity contribution in [2.24, 2.45) is 4.99 Å². The Morgan fingerprint density at radius 2 is 1.81 bits per heavy atom. The van der Waals surface area contributed by atoms with Crippen LogP contribution < -0.4 is 0 Å². The van der Waals surface area contributed by atoms with Crippen LogP contribution in [-0.4, -0.2) is 23.9 Å². The van der Waals surface area contributed by atoms with Gasteiger partial charge in [0.05, 0.1) is 18.4 Å². The van der Waals surface area contributed by atoms with Gasteiger partial charge in [-0.25, -0.2) is 4.79 Å². The molecule has 0 radical (unpaired) electrons. The van der Waals surface area contributed by atoms with E-state index < -0.39 is 0 Å². The van der Waals surface area contributed by atoms with Crippen molar-refractivity contribution < 1.29 is 9.53 Å². The molecule has 1 aromatic heterocycles. The number of hydrogen-bond donors (Lipinski definition) is 1. The summed E-state index contributed by atoms with van der Waals surface area (Å²) in [5.41, 5.74) is 5.56. The van der Waals surface area contributed by atoms with Gasteiger partial charge in [0.1, 0.15) is 0 Å². The van der Waals surface area contributed by atoms with Gasteiger partial charge in [0, 0.05) is 33.7 Å². The zero-order chi connectivity index (χ0) is 18.7. The standard InChI is InChI=1S/C21H20N2O2S/c1-14-12-17(13-22-19-6-4-5-7-20(19)26)15(2)23(14)18-10-8-16(9-11-18)21(24)25-3/h4-13,26H,1-3H3. The Morgan fingerprint density at radius 1 is 1.12 bits per heavy atom. The van der Waals surface area contributed by atoms with Crippen molar-refractivity contribution in [3.63, 3.8) is 0 Å². The SMILES string of the molecule is COC(=O)c1ccc(-n2c(C)cc(C=Nc3ccccc3S)c2C)cc1. The second kappa shape index (κ2) is 7.62. The van der Waals surface area contributed by atoms with E-state index in [2.05, 4.69) is 35.2 Å². The van der Waals surface area contributed by atoms with Crippen LogP contribution in [0.4, 0.5) is 5.69 Å². The minimum Gasteiger partial charge on any atom is -0.465 e. The molecule has 0 fully saturated rings. The molecule has 4 nitrogen and oxygen atoms in total. The highest BCUT2D eigenvalue weighted by Gasteiger charge is 2.11. The summed E-state index contributed by atoms with van der Waals surface area (Å²) in [5.74, 6) is -0.337. The first-order chi connectivity index (χ1) is 12.5. The van der Waals surface area contributed by atoms with Crippen molar-refractivity contribution in [2.75, 3.05) is 7.11 Å². The summed E-state index contributed by atoms with van der Waals surface area (Å²) < 4.78 is 6.88. The molecule has 0 saturated heterocycles. The molecule has 0 bridgehead atoms. The summed E-state index contributed by atoms with van der Waals surface area (Å²) in [6.45, 7) is 4.10. The number of aliphatic imine (C=N–C) groups is 1. The van der Waals surface area contributed by atoms with Gasteiger partial charge in [-0.2, -0.15) is 0 Å². The first kappa shape index (κ1) is 18.0. The molecule has 5 heteroatoms. The molecule has 0 unspecified atom stereocenters. The lowest BCUT2D eigenvalue weighted by molar-refractivity contribution is 0.0601. The van der Waals surface area contributed by atoms with Gasteiger partial charge in [-0.1, -0.05) is 12.1 Å². The number of esters is 1. The molecule has 0 aliphatic heterocycles. The summed E-state index contributed by atoms with van der Waals surface area (Å²) >= 11 is 4.43. The maximum atomic E-state index is 11.6. The van der Waals surface area contributed by atoms with Gasteiger partial charge in [-0.3, -0.25) is 4.99 Å². The number of aryl methyl sites for hydroxylation is 1. The summed E-state index contributed by atoms with van der Waals surface area (Å²) in [6, 6.07) is 17.2. The number of nitrogens with zero attached hydrogens (tertiary/aromatic N) is 2. The number of aromatic nitrogens is 1. The quantitative estimate of drug-likeness (QED) is 0.406. The fourth-order valence-corrected chi connectivity index (χ4v) is 3.11. The highest BCUT2D eigenvalue weighted by atomic mass is 32.1. The van der Waals surface area contributed by atoms with Gasteiger partial charge in [-0.05, 0) is 56.3 Å². The molecule has 0 aliphatic rings. The third kappa shape index (κ3) is 3.58. The van der Waals surface area contributed by atoms with Crippen LogP contribution in [0.5, 0.6) is 0 Å². The largest absolute Gasteiger partial charge is 0.465 e. The van der Waals surface area contributed by atoms with Crippen molar-refractivity contribution in [2.45, 2.75) is 18.7 Å². The third-order valence-corrected chi connectivity index (χ3v) is 4.62. The second-order valence-corrected chi connectivity index (χ2v) is 6.43. The minimum atomic E-state index is -0.337. The monoisotopic (exact) mass is 364 g/mol. The number of ether oxygens (including phenoxy) is 1. The van der Waals surface area contributed by atoms with Crippen LogP contribution in [0.15, 0.2) is 64.5 Å². The number of methoxy groups -OCH3 is 1. The lowest BCUT2D eigenvalue weighted by Crippen LogP contribution is -2.03. The predicted octanol–water partition coefficient (Wildman–Crippen LogP) is 4.92. The Labute approximate surface area is 158 Å². The van der Waals surface area contributed by atoms with Gasteiger partial charge < -0.3 is 9.30 Å². The fraction of sp³-hybridized carbons (Fsp3) is 0.143. The van der Waals surface area contributed by atoms with E-state index >= 15 is 0 Å². The topological polar surface area (TPSA) is 43.6 Å². The number of para-hydroxylation sites is 1. The third-order valence-electron chi connectivity index (χ3n) is 4.24. The van der Waals surface area contributed by atoms with E-state index in [1.807, 2.05) is 49.5 Å². The normalized spacial score (nSPS) is 11.1. The number of benzene rings is 2. The lowest BCUT2D eigenvalue weighted by Gasteiger charge is -2.10. The molecule has 132 valence electrons. The number of rotatable bonds is 4. The van der Waals surface area contributed by atoms with E-state index in [4.69, 9.17) is 4.74 Å². The van der Waals surface area contributed by atoms with Crippen LogP contribution in [0.25, 0.3) is 5.69 Å². The average Bonchev–Trinajstić information content (AvgIpc) is 2.94. The van der Waals surface area contributed by atoms with Gasteiger partial charge in [0.25, 0.3) is 0 Å². The van der Waals surface area contributed by atoms with Crippen LogP contribution in [0, 0.1) is 13.8 Å². The highest BCUT2D eigenvalue weighted by Crippen LogP contribution is 2.24. The van der Waals surface area contributed by atoms with Gasteiger partial charge in [0.15, 0.2) is 0 Å². The Hall–Kier alpha value is -2.79. The fourth-order valence-electron chi connectivity index (χ4n) is 2.89. The van der Waals surface area contributed by atoms with Gasteiger partial charge in [0.2, 0.25) is 0 Å². The molecular formula is C21H20N2O2S. The summed E-state index contributed by atoms with van der Waals surface area (Å²) in [6.07, 6.45) is 1.86. The molecule has 1 heterocycles. The number of carbonyl (C=O) groups is 1. The van der Waals surface area contributed by atoms with Crippen molar-refractivity contribution in [3.05, 3.63) is 77.1 Å². The first-order valence-electron chi connectivity index (χ1n) is 8.21. The molecule has 26 heavy (non-hydrogen) atoms. The molecule has 0 saturated carbocycles. The molecule has 0 atom stereocenters. The predicted molar refractivity (Wildman–Crippen MR) is 108 cm³/mol. The van der Waals surface area contributed by atoms with Crippen LogP contribution in [-0.2, 0) is 4.74 Å². The Morgan fingerprint density at radius 3 is 2.46 bits per heavy atom. The van der Waals surface area contributed by atoms with Crippen molar-refractivity contribution in [1.82, 2.24) is 4.57 Å². The summed E-state index contributed by atoms with van der Waals surface area (Å²) in [5, 5.41) is 0. The Kier molecular flexibility index (Phi) is 5.28. The van der Waals surface area contributed by atoms with Crippen LogP contribution >= 0.6 is 12.6 Å². The van der Waals surface area contributed by atoms with Gasteiger partial charge >= 0.3 is 5.97 Å². The van der Waals surface area contributed by atoms with E-state index in [1.165, 1.54) is 7.11 Å². The van der Waals surface area contributed by atoms with Crippen molar-refractivity contribution in [3.8, 4) is 5.69 Å². The molecule has 0 amide bonds. The second-order valence-electron chi connectivity index (χ2n) is 5.95. The zero-order valence-electron chi connectivity index (χ0n) is 14.9. The molecule has 0 spiro atoms. The zero-order valence-corrected chi connectivity index (χ0v) is 15.8. The maximum Gasteiger partial charge on any atom is 0.337 e. The maximum absolute atomic E-state index is 11.6. The molecule has 0 N–H and O–H groups in total. The highest BCUT2D eigenvalue weighted by molar-refractivity contribution is 7.80. The number of thiol groups is 1. The molecule has 3 rings (SSSR count). The summed E-state index contributed by atoms with van der Waals surface area (Å²) in [7, 11) is 1.38.